The summed E-state index contributed by atoms with van der Waals surface area (Å²) < 4.78 is 0. The van der Waals surface area contributed by atoms with Crippen molar-refractivity contribution < 1.29 is 4.79 Å². The molecule has 1 unspecified atom stereocenters. The van der Waals surface area contributed by atoms with Gasteiger partial charge in [-0.2, -0.15) is 0 Å². The van der Waals surface area contributed by atoms with Crippen molar-refractivity contribution in [2.75, 3.05) is 0 Å². The van der Waals surface area contributed by atoms with E-state index in [1.807, 2.05) is 6.08 Å². The van der Waals surface area contributed by atoms with Crippen LogP contribution in [0.1, 0.15) is 27.2 Å². The first kappa shape index (κ1) is 7.08. The first-order chi connectivity index (χ1) is 5.03. The molecule has 1 saturated carbocycles. The predicted octanol–water partition coefficient (Wildman–Crippen LogP) is 2.18. The van der Waals surface area contributed by atoms with Gasteiger partial charge in [0.1, 0.15) is 0 Å². The summed E-state index contributed by atoms with van der Waals surface area (Å²) in [5, 5.41) is 0. The van der Waals surface area contributed by atoms with Gasteiger partial charge in [-0.05, 0) is 30.8 Å². The molecule has 0 aliphatic heterocycles. The summed E-state index contributed by atoms with van der Waals surface area (Å²) in [5.41, 5.74) is 1.55. The second-order valence-corrected chi connectivity index (χ2v) is 4.45. The highest BCUT2D eigenvalue weighted by molar-refractivity contribution is 5.95. The second kappa shape index (κ2) is 1.77. The van der Waals surface area contributed by atoms with Crippen molar-refractivity contribution in [2.45, 2.75) is 27.2 Å². The highest BCUT2D eigenvalue weighted by Gasteiger charge is 2.54. The third kappa shape index (κ3) is 0.688. The van der Waals surface area contributed by atoms with Gasteiger partial charge in [-0.15, -0.1) is 0 Å². The smallest absolute Gasteiger partial charge is 0.159 e. The zero-order valence-electron chi connectivity index (χ0n) is 7.35. The van der Waals surface area contributed by atoms with E-state index in [4.69, 9.17) is 0 Å². The molecule has 0 aromatic heterocycles. The van der Waals surface area contributed by atoms with E-state index in [9.17, 15) is 4.79 Å². The summed E-state index contributed by atoms with van der Waals surface area (Å²) in [6, 6.07) is 0. The molecule has 0 heterocycles. The Hall–Kier alpha value is -0.590. The molecule has 3 aliphatic carbocycles. The maximum Gasteiger partial charge on any atom is 0.159 e. The minimum absolute atomic E-state index is 0.260. The summed E-state index contributed by atoms with van der Waals surface area (Å²) in [5.74, 6) is 1.37. The number of ketones is 1. The first-order valence-corrected chi connectivity index (χ1v) is 4.25. The van der Waals surface area contributed by atoms with Crippen molar-refractivity contribution >= 4 is 5.78 Å². The minimum Gasteiger partial charge on any atom is -0.295 e. The molecule has 2 atom stereocenters. The lowest BCUT2D eigenvalue weighted by molar-refractivity contribution is -0.133. The molecule has 1 fully saturated rings. The van der Waals surface area contributed by atoms with Gasteiger partial charge in [0.05, 0.1) is 0 Å². The molecule has 0 radical (unpaired) electrons. The van der Waals surface area contributed by atoms with Gasteiger partial charge in [0, 0.05) is 5.92 Å². The Kier molecular flexibility index (Phi) is 1.14. The van der Waals surface area contributed by atoms with E-state index in [0.29, 0.717) is 17.6 Å². The van der Waals surface area contributed by atoms with Crippen LogP contribution in [0.4, 0.5) is 0 Å². The van der Waals surface area contributed by atoms with E-state index < -0.39 is 0 Å². The van der Waals surface area contributed by atoms with Gasteiger partial charge in [-0.1, -0.05) is 19.4 Å². The van der Waals surface area contributed by atoms with E-state index in [0.717, 1.165) is 6.42 Å². The lowest BCUT2D eigenvalue weighted by Crippen LogP contribution is -2.51. The van der Waals surface area contributed by atoms with Gasteiger partial charge in [-0.3, -0.25) is 4.79 Å². The van der Waals surface area contributed by atoms with Gasteiger partial charge < -0.3 is 0 Å². The number of fused-ring (bicyclic) bond motifs is 1. The molecule has 0 aromatic carbocycles. The van der Waals surface area contributed by atoms with Gasteiger partial charge in [-0.25, -0.2) is 0 Å². The molecule has 0 saturated heterocycles. The Morgan fingerprint density at radius 1 is 1.45 bits per heavy atom. The molecule has 0 aromatic rings. The topological polar surface area (TPSA) is 17.1 Å². The van der Waals surface area contributed by atoms with Gasteiger partial charge in [0.25, 0.3) is 0 Å². The Bertz CT molecular complexity index is 248. The third-order valence-electron chi connectivity index (χ3n) is 3.53. The Morgan fingerprint density at radius 2 is 2.09 bits per heavy atom. The normalized spacial score (nSPS) is 39.5. The van der Waals surface area contributed by atoms with E-state index in [2.05, 4.69) is 20.8 Å². The van der Waals surface area contributed by atoms with Gasteiger partial charge >= 0.3 is 0 Å². The molecule has 11 heavy (non-hydrogen) atoms. The van der Waals surface area contributed by atoms with Crippen LogP contribution in [0.2, 0.25) is 0 Å². The fourth-order valence-electron chi connectivity index (χ4n) is 2.61. The molecule has 3 rings (SSSR count). The van der Waals surface area contributed by atoms with Gasteiger partial charge in [0.15, 0.2) is 5.78 Å². The molecule has 0 amide bonds. The Balaban J connectivity index is 2.42. The van der Waals surface area contributed by atoms with E-state index in [1.54, 1.807) is 0 Å². The SMILES string of the molecule is CC1=CC(=O)C2C[C@H]1C2(C)C. The fourth-order valence-corrected chi connectivity index (χ4v) is 2.61. The quantitative estimate of drug-likeness (QED) is 0.517. The van der Waals surface area contributed by atoms with Crippen molar-refractivity contribution in [3.8, 4) is 0 Å². The van der Waals surface area contributed by atoms with E-state index in [-0.39, 0.29) is 5.41 Å². The van der Waals surface area contributed by atoms with Crippen LogP contribution in [-0.2, 0) is 4.79 Å². The van der Waals surface area contributed by atoms with Crippen LogP contribution >= 0.6 is 0 Å². The highest BCUT2D eigenvalue weighted by Crippen LogP contribution is 2.57. The number of allylic oxidation sites excluding steroid dienone is 2. The average Bonchev–Trinajstić information content (AvgIpc) is 1.84. The second-order valence-electron chi connectivity index (χ2n) is 4.45. The maximum atomic E-state index is 11.4. The lowest BCUT2D eigenvalue weighted by atomic mass is 9.49. The average molecular weight is 150 g/mol. The zero-order valence-corrected chi connectivity index (χ0v) is 7.35. The molecule has 1 heteroatoms. The molecule has 0 spiro atoms. The summed E-state index contributed by atoms with van der Waals surface area (Å²) in [4.78, 5) is 11.4. The standard InChI is InChI=1S/C10H14O/c1-6-4-9(11)8-5-7(6)10(8,2)3/h4,7-8H,5H2,1-3H3/t7-,8?/m1/s1. The highest BCUT2D eigenvalue weighted by atomic mass is 16.1. The number of rotatable bonds is 0. The molecular weight excluding hydrogens is 136 g/mol. The summed E-state index contributed by atoms with van der Waals surface area (Å²) in [6.45, 7) is 6.50. The predicted molar refractivity (Wildman–Crippen MR) is 44.1 cm³/mol. The molecule has 60 valence electrons. The fraction of sp³-hybridized carbons (Fsp3) is 0.700. The van der Waals surface area contributed by atoms with Crippen molar-refractivity contribution in [3.05, 3.63) is 11.6 Å². The van der Waals surface area contributed by atoms with Crippen LogP contribution in [0.15, 0.2) is 11.6 Å². The number of carbonyl (C=O) groups is 1. The summed E-state index contributed by atoms with van der Waals surface area (Å²) in [6.07, 6.45) is 2.94. The number of hydrogen-bond donors (Lipinski definition) is 0. The minimum atomic E-state index is 0.260. The van der Waals surface area contributed by atoms with E-state index in [1.165, 1.54) is 5.57 Å². The van der Waals surface area contributed by atoms with Crippen LogP contribution in [0.25, 0.3) is 0 Å². The summed E-state index contributed by atoms with van der Waals surface area (Å²) in [7, 11) is 0. The lowest BCUT2D eigenvalue weighted by Gasteiger charge is -2.54. The number of hydrogen-bond acceptors (Lipinski definition) is 1. The Labute approximate surface area is 67.5 Å². The van der Waals surface area contributed by atoms with Gasteiger partial charge in [0.2, 0.25) is 0 Å². The Morgan fingerprint density at radius 3 is 2.45 bits per heavy atom. The van der Waals surface area contributed by atoms with Crippen molar-refractivity contribution in [1.82, 2.24) is 0 Å². The van der Waals surface area contributed by atoms with Crippen LogP contribution in [-0.4, -0.2) is 5.78 Å². The molecule has 0 N–H and O–H groups in total. The van der Waals surface area contributed by atoms with Crippen LogP contribution < -0.4 is 0 Å². The third-order valence-corrected chi connectivity index (χ3v) is 3.53. The summed E-state index contributed by atoms with van der Waals surface area (Å²) >= 11 is 0. The van der Waals surface area contributed by atoms with Crippen molar-refractivity contribution in [1.29, 1.82) is 0 Å². The molecular formula is C10H14O. The molecule has 1 nitrogen and oxygen atoms in total. The molecule has 3 aliphatic rings. The van der Waals surface area contributed by atoms with Crippen LogP contribution in [0.5, 0.6) is 0 Å². The largest absolute Gasteiger partial charge is 0.295 e. The van der Waals surface area contributed by atoms with Crippen LogP contribution in [0.3, 0.4) is 0 Å². The zero-order chi connectivity index (χ0) is 8.22. The number of carbonyl (C=O) groups excluding carboxylic acids is 1. The van der Waals surface area contributed by atoms with E-state index >= 15 is 0 Å². The monoisotopic (exact) mass is 150 g/mol. The van der Waals surface area contributed by atoms with Crippen molar-refractivity contribution in [3.63, 3.8) is 0 Å². The molecule has 2 bridgehead atoms. The van der Waals surface area contributed by atoms with Crippen LogP contribution in [0, 0.1) is 17.3 Å². The first-order valence-electron chi connectivity index (χ1n) is 4.25. The van der Waals surface area contributed by atoms with Crippen molar-refractivity contribution in [2.24, 2.45) is 17.3 Å². The maximum absolute atomic E-state index is 11.4.